The number of nitriles is 1. The molecule has 2 fully saturated rings. The molecular weight excluding hydrogens is 302 g/mol. The van der Waals surface area contributed by atoms with Gasteiger partial charge in [-0.05, 0) is 25.7 Å². The van der Waals surface area contributed by atoms with Crippen molar-refractivity contribution in [2.45, 2.75) is 57.0 Å². The van der Waals surface area contributed by atoms with Crippen LogP contribution in [0.3, 0.4) is 0 Å². The fourth-order valence-electron chi connectivity index (χ4n) is 3.28. The molecule has 3 rings (SSSR count). The Morgan fingerprint density at radius 1 is 1.36 bits per heavy atom. The Morgan fingerprint density at radius 3 is 2.77 bits per heavy atom. The second kappa shape index (κ2) is 6.57. The third kappa shape index (κ3) is 3.20. The van der Waals surface area contributed by atoms with Crippen LogP contribution >= 0.6 is 11.6 Å². The number of hydrogen-bond donors (Lipinski definition) is 2. The van der Waals surface area contributed by atoms with E-state index in [0.717, 1.165) is 12.8 Å². The summed E-state index contributed by atoms with van der Waals surface area (Å²) in [5.74, 6) is 0.433. The Hall–Kier alpha value is -1.74. The minimum absolute atomic E-state index is 0.0408. The summed E-state index contributed by atoms with van der Waals surface area (Å²) in [5.41, 5.74) is 0. The molecule has 1 amide bonds. The molecule has 0 saturated heterocycles. The van der Waals surface area contributed by atoms with Crippen molar-refractivity contribution in [2.24, 2.45) is 5.92 Å². The van der Waals surface area contributed by atoms with Crippen LogP contribution in [-0.4, -0.2) is 21.7 Å². The first kappa shape index (κ1) is 15.2. The molecule has 0 spiro atoms. The van der Waals surface area contributed by atoms with Crippen LogP contribution < -0.4 is 10.6 Å². The van der Waals surface area contributed by atoms with Crippen molar-refractivity contribution in [3.05, 3.63) is 11.2 Å². The quantitative estimate of drug-likeness (QED) is 0.660. The first-order valence-electron chi connectivity index (χ1n) is 7.88. The van der Waals surface area contributed by atoms with Crippen LogP contribution in [0.15, 0.2) is 6.07 Å². The zero-order chi connectivity index (χ0) is 15.5. The van der Waals surface area contributed by atoms with E-state index in [0.29, 0.717) is 29.9 Å². The fraction of sp³-hybridized carbons (Fsp3) is 0.667. The largest absolute Gasteiger partial charge is 0.321 e. The molecule has 1 aromatic heterocycles. The van der Waals surface area contributed by atoms with Gasteiger partial charge in [0.05, 0.1) is 6.04 Å². The molecular formula is C15H20ClN5O. The molecule has 2 aliphatic rings. The highest BCUT2D eigenvalue weighted by atomic mass is 35.5. The standard InChI is InChI=1S/C15H20ClN5O/c16-13-8-14(20-21(13)12-4-2-1-3-5-12)19-15(22)10-6-11(7-10)18-9-17/h8,10-12,18H,1-7H2,(H,19,20,22). The second-order valence-corrected chi connectivity index (χ2v) is 6.59. The van der Waals surface area contributed by atoms with Crippen LogP contribution in [0.2, 0.25) is 5.15 Å². The van der Waals surface area contributed by atoms with Gasteiger partial charge >= 0.3 is 0 Å². The molecule has 2 aliphatic carbocycles. The van der Waals surface area contributed by atoms with Gasteiger partial charge in [0.2, 0.25) is 5.91 Å². The number of aromatic nitrogens is 2. The van der Waals surface area contributed by atoms with Gasteiger partial charge in [-0.2, -0.15) is 10.4 Å². The summed E-state index contributed by atoms with van der Waals surface area (Å²) < 4.78 is 1.84. The Morgan fingerprint density at radius 2 is 2.09 bits per heavy atom. The average Bonchev–Trinajstić information content (AvgIpc) is 2.83. The molecule has 2 saturated carbocycles. The Balaban J connectivity index is 1.57. The third-order valence-corrected chi connectivity index (χ3v) is 4.92. The summed E-state index contributed by atoms with van der Waals surface area (Å²) in [7, 11) is 0. The molecule has 0 aliphatic heterocycles. The molecule has 1 aromatic rings. The monoisotopic (exact) mass is 321 g/mol. The zero-order valence-electron chi connectivity index (χ0n) is 12.4. The van der Waals surface area contributed by atoms with E-state index in [1.807, 2.05) is 10.9 Å². The molecule has 1 heterocycles. The van der Waals surface area contributed by atoms with Gasteiger partial charge in [0.1, 0.15) is 5.15 Å². The maximum absolute atomic E-state index is 12.1. The van der Waals surface area contributed by atoms with E-state index in [1.54, 1.807) is 6.07 Å². The van der Waals surface area contributed by atoms with Crippen molar-refractivity contribution >= 4 is 23.3 Å². The minimum atomic E-state index is -0.0514. The molecule has 2 N–H and O–H groups in total. The van der Waals surface area contributed by atoms with Crippen LogP contribution in [0.25, 0.3) is 0 Å². The molecule has 22 heavy (non-hydrogen) atoms. The highest BCUT2D eigenvalue weighted by Gasteiger charge is 2.34. The predicted octanol–water partition coefficient (Wildman–Crippen LogP) is 2.83. The Labute approximate surface area is 134 Å². The van der Waals surface area contributed by atoms with Crippen molar-refractivity contribution in [2.75, 3.05) is 5.32 Å². The predicted molar refractivity (Wildman–Crippen MR) is 83.2 cm³/mol. The highest BCUT2D eigenvalue weighted by Crippen LogP contribution is 2.32. The maximum Gasteiger partial charge on any atom is 0.228 e. The van der Waals surface area contributed by atoms with Crippen LogP contribution in [-0.2, 0) is 4.79 Å². The van der Waals surface area contributed by atoms with Crippen molar-refractivity contribution < 1.29 is 4.79 Å². The van der Waals surface area contributed by atoms with E-state index >= 15 is 0 Å². The lowest BCUT2D eigenvalue weighted by atomic mass is 9.80. The number of amides is 1. The van der Waals surface area contributed by atoms with E-state index in [4.69, 9.17) is 16.9 Å². The van der Waals surface area contributed by atoms with E-state index < -0.39 is 0 Å². The van der Waals surface area contributed by atoms with Gasteiger partial charge in [-0.25, -0.2) is 4.68 Å². The molecule has 0 unspecified atom stereocenters. The number of nitrogens with zero attached hydrogens (tertiary/aromatic N) is 3. The van der Waals surface area contributed by atoms with Crippen LogP contribution in [0.1, 0.15) is 51.0 Å². The number of carbonyl (C=O) groups excluding carboxylic acids is 1. The smallest absolute Gasteiger partial charge is 0.228 e. The molecule has 0 radical (unpaired) electrons. The summed E-state index contributed by atoms with van der Waals surface area (Å²) in [6.45, 7) is 0. The summed E-state index contributed by atoms with van der Waals surface area (Å²) in [6, 6.07) is 2.20. The summed E-state index contributed by atoms with van der Waals surface area (Å²) in [4.78, 5) is 12.1. The van der Waals surface area contributed by atoms with Crippen molar-refractivity contribution in [3.63, 3.8) is 0 Å². The lowest BCUT2D eigenvalue weighted by molar-refractivity contribution is -0.122. The number of halogens is 1. The summed E-state index contributed by atoms with van der Waals surface area (Å²) in [6.07, 6.45) is 9.17. The normalized spacial score (nSPS) is 25.1. The molecule has 118 valence electrons. The minimum Gasteiger partial charge on any atom is -0.321 e. The van der Waals surface area contributed by atoms with Crippen LogP contribution in [0.4, 0.5) is 5.82 Å². The van der Waals surface area contributed by atoms with E-state index in [1.165, 1.54) is 19.3 Å². The van der Waals surface area contributed by atoms with Gasteiger partial charge in [-0.15, -0.1) is 0 Å². The van der Waals surface area contributed by atoms with Gasteiger partial charge in [-0.3, -0.25) is 4.79 Å². The lowest BCUT2D eigenvalue weighted by Gasteiger charge is -2.32. The topological polar surface area (TPSA) is 82.7 Å². The summed E-state index contributed by atoms with van der Waals surface area (Å²) in [5, 5.41) is 19.1. The molecule has 0 atom stereocenters. The first-order chi connectivity index (χ1) is 10.7. The Kier molecular flexibility index (Phi) is 4.53. The van der Waals surface area contributed by atoms with Crippen molar-refractivity contribution in [1.82, 2.24) is 15.1 Å². The average molecular weight is 322 g/mol. The third-order valence-electron chi connectivity index (χ3n) is 4.64. The SMILES string of the molecule is N#CNC1CC(C(=O)Nc2cc(Cl)n(C3CCCCC3)n2)C1. The van der Waals surface area contributed by atoms with E-state index in [2.05, 4.69) is 15.7 Å². The zero-order valence-corrected chi connectivity index (χ0v) is 13.1. The van der Waals surface area contributed by atoms with Gasteiger partial charge in [0.25, 0.3) is 0 Å². The van der Waals surface area contributed by atoms with Gasteiger partial charge in [0.15, 0.2) is 12.0 Å². The van der Waals surface area contributed by atoms with E-state index in [-0.39, 0.29) is 17.9 Å². The number of carbonyl (C=O) groups is 1. The second-order valence-electron chi connectivity index (χ2n) is 6.20. The molecule has 6 nitrogen and oxygen atoms in total. The van der Waals surface area contributed by atoms with Crippen molar-refractivity contribution in [3.8, 4) is 6.19 Å². The highest BCUT2D eigenvalue weighted by molar-refractivity contribution is 6.30. The maximum atomic E-state index is 12.1. The molecule has 0 bridgehead atoms. The van der Waals surface area contributed by atoms with Gasteiger partial charge in [0, 0.05) is 18.0 Å². The molecule has 0 aromatic carbocycles. The van der Waals surface area contributed by atoms with Crippen LogP contribution in [0, 0.1) is 17.4 Å². The first-order valence-corrected chi connectivity index (χ1v) is 8.25. The number of anilines is 1. The molecule has 7 heteroatoms. The number of hydrogen-bond acceptors (Lipinski definition) is 4. The van der Waals surface area contributed by atoms with Crippen LogP contribution in [0.5, 0.6) is 0 Å². The number of nitrogens with one attached hydrogen (secondary N) is 2. The summed E-state index contributed by atoms with van der Waals surface area (Å²) >= 11 is 6.26. The number of rotatable bonds is 4. The van der Waals surface area contributed by atoms with Crippen molar-refractivity contribution in [1.29, 1.82) is 5.26 Å². The van der Waals surface area contributed by atoms with E-state index in [9.17, 15) is 4.79 Å². The fourth-order valence-corrected chi connectivity index (χ4v) is 3.56. The lowest BCUT2D eigenvalue weighted by Crippen LogP contribution is -2.44. The van der Waals surface area contributed by atoms with Gasteiger partial charge in [-0.1, -0.05) is 30.9 Å². The Bertz CT molecular complexity index is 581. The van der Waals surface area contributed by atoms with Gasteiger partial charge < -0.3 is 10.6 Å².